The number of benzene rings is 2. The third-order valence-electron chi connectivity index (χ3n) is 6.77. The number of fused-ring (bicyclic) bond motifs is 1. The van der Waals surface area contributed by atoms with Gasteiger partial charge in [-0.1, -0.05) is 61.2 Å². The molecule has 2 aromatic rings. The van der Waals surface area contributed by atoms with Crippen LogP contribution >= 0.6 is 15.9 Å². The van der Waals surface area contributed by atoms with E-state index in [-0.39, 0.29) is 30.0 Å². The van der Waals surface area contributed by atoms with Crippen LogP contribution in [0.2, 0.25) is 0 Å². The smallest absolute Gasteiger partial charge is 0.416 e. The quantitative estimate of drug-likeness (QED) is 0.455. The Hall–Kier alpha value is -2.55. The number of halogens is 4. The van der Waals surface area contributed by atoms with Crippen molar-refractivity contribution in [1.82, 2.24) is 10.2 Å². The maximum absolute atomic E-state index is 13.8. The molecule has 0 bridgehead atoms. The SMILES string of the molecule is CC(C)C1Oc2ccc(Br)cc2C(C(=O)NC2CCCCC2)N(Cc2cccc(C(F)(F)F)c2)C1=O. The van der Waals surface area contributed by atoms with Gasteiger partial charge in [0.15, 0.2) is 6.10 Å². The van der Waals surface area contributed by atoms with E-state index < -0.39 is 29.8 Å². The number of ether oxygens (including phenoxy) is 1. The Morgan fingerprint density at radius 2 is 1.86 bits per heavy atom. The molecule has 0 spiro atoms. The van der Waals surface area contributed by atoms with E-state index in [9.17, 15) is 22.8 Å². The molecule has 1 saturated carbocycles. The lowest BCUT2D eigenvalue weighted by atomic mass is 9.94. The first-order chi connectivity index (χ1) is 17.0. The molecular formula is C27H30BrF3N2O3. The summed E-state index contributed by atoms with van der Waals surface area (Å²) in [5.74, 6) is -0.591. The van der Waals surface area contributed by atoms with Gasteiger partial charge in [0.25, 0.3) is 5.91 Å². The Kier molecular flexibility index (Phi) is 7.97. The van der Waals surface area contributed by atoms with Gasteiger partial charge in [-0.25, -0.2) is 0 Å². The van der Waals surface area contributed by atoms with Crippen LogP contribution in [0.5, 0.6) is 5.75 Å². The van der Waals surface area contributed by atoms with Crippen molar-refractivity contribution >= 4 is 27.7 Å². The molecule has 1 aliphatic carbocycles. The average molecular weight is 567 g/mol. The minimum atomic E-state index is -4.52. The van der Waals surface area contributed by atoms with Gasteiger partial charge in [0.05, 0.1) is 5.56 Å². The third kappa shape index (κ3) is 5.88. The summed E-state index contributed by atoms with van der Waals surface area (Å²) in [5, 5.41) is 3.11. The van der Waals surface area contributed by atoms with E-state index in [1.807, 2.05) is 13.8 Å². The summed E-state index contributed by atoms with van der Waals surface area (Å²) in [6, 6.07) is 9.07. The highest BCUT2D eigenvalue weighted by Gasteiger charge is 2.42. The van der Waals surface area contributed by atoms with Crippen molar-refractivity contribution in [2.75, 3.05) is 0 Å². The molecule has 0 radical (unpaired) electrons. The number of alkyl halides is 3. The lowest BCUT2D eigenvalue weighted by molar-refractivity contribution is -0.147. The molecule has 2 aromatic carbocycles. The standard InChI is InChI=1S/C27H30BrF3N2O3/c1-16(2)24-26(35)33(15-17-7-6-8-18(13-17)27(29,30)31)23(21-14-19(28)11-12-22(21)36-24)25(34)32-20-9-4-3-5-10-20/h6-8,11-14,16,20,23-24H,3-5,9-10,15H2,1-2H3,(H,32,34). The van der Waals surface area contributed by atoms with Crippen LogP contribution in [0.15, 0.2) is 46.9 Å². The first-order valence-electron chi connectivity index (χ1n) is 12.3. The number of amides is 2. The fraction of sp³-hybridized carbons (Fsp3) is 0.481. The van der Waals surface area contributed by atoms with Crippen LogP contribution in [0.3, 0.4) is 0 Å². The summed E-state index contributed by atoms with van der Waals surface area (Å²) < 4.78 is 47.0. The average Bonchev–Trinajstić information content (AvgIpc) is 2.94. The molecule has 2 amide bonds. The van der Waals surface area contributed by atoms with Gasteiger partial charge in [0.1, 0.15) is 11.8 Å². The van der Waals surface area contributed by atoms with Gasteiger partial charge in [-0.05, 0) is 54.7 Å². The first-order valence-corrected chi connectivity index (χ1v) is 13.1. The number of hydrogen-bond donors (Lipinski definition) is 1. The predicted molar refractivity (Wildman–Crippen MR) is 133 cm³/mol. The summed E-state index contributed by atoms with van der Waals surface area (Å²) in [4.78, 5) is 29.0. The second kappa shape index (κ2) is 10.8. The normalized spacial score (nSPS) is 21.1. The Morgan fingerprint density at radius 3 is 2.53 bits per heavy atom. The van der Waals surface area contributed by atoms with Gasteiger partial charge < -0.3 is 15.0 Å². The zero-order chi connectivity index (χ0) is 26.0. The second-order valence-corrected chi connectivity index (χ2v) is 10.8. The summed E-state index contributed by atoms with van der Waals surface area (Å²) in [6.45, 7) is 3.52. The van der Waals surface area contributed by atoms with Gasteiger partial charge in [-0.15, -0.1) is 0 Å². The minimum absolute atomic E-state index is 0.00238. The molecular weight excluding hydrogens is 537 g/mol. The molecule has 2 unspecified atom stereocenters. The Labute approximate surface area is 217 Å². The molecule has 0 aromatic heterocycles. The van der Waals surface area contributed by atoms with E-state index in [4.69, 9.17) is 4.74 Å². The number of carbonyl (C=O) groups is 2. The topological polar surface area (TPSA) is 58.6 Å². The zero-order valence-electron chi connectivity index (χ0n) is 20.3. The van der Waals surface area contributed by atoms with Gasteiger partial charge >= 0.3 is 6.18 Å². The van der Waals surface area contributed by atoms with E-state index in [1.165, 1.54) is 17.0 Å². The zero-order valence-corrected chi connectivity index (χ0v) is 21.9. The maximum atomic E-state index is 13.8. The van der Waals surface area contributed by atoms with Crippen LogP contribution in [0.25, 0.3) is 0 Å². The molecule has 36 heavy (non-hydrogen) atoms. The van der Waals surface area contributed by atoms with Gasteiger partial charge in [0, 0.05) is 22.6 Å². The van der Waals surface area contributed by atoms with E-state index >= 15 is 0 Å². The summed E-state index contributed by atoms with van der Waals surface area (Å²) in [6.07, 6.45) is -0.532. The number of nitrogens with one attached hydrogen (secondary N) is 1. The number of nitrogens with zero attached hydrogens (tertiary/aromatic N) is 1. The fourth-order valence-electron chi connectivity index (χ4n) is 4.93. The molecule has 9 heteroatoms. The van der Waals surface area contributed by atoms with Crippen LogP contribution in [-0.4, -0.2) is 28.9 Å². The number of rotatable bonds is 5. The minimum Gasteiger partial charge on any atom is -0.480 e. The van der Waals surface area contributed by atoms with Crippen molar-refractivity contribution in [1.29, 1.82) is 0 Å². The lowest BCUT2D eigenvalue weighted by Gasteiger charge is -2.33. The van der Waals surface area contributed by atoms with E-state index in [1.54, 1.807) is 18.2 Å². The third-order valence-corrected chi connectivity index (χ3v) is 7.26. The van der Waals surface area contributed by atoms with Crippen LogP contribution in [0.1, 0.15) is 68.7 Å². The van der Waals surface area contributed by atoms with Crippen molar-refractivity contribution < 1.29 is 27.5 Å². The fourth-order valence-corrected chi connectivity index (χ4v) is 5.31. The largest absolute Gasteiger partial charge is 0.480 e. The molecule has 4 rings (SSSR count). The highest BCUT2D eigenvalue weighted by Crippen LogP contribution is 2.39. The molecule has 0 saturated heterocycles. The molecule has 2 atom stereocenters. The van der Waals surface area contributed by atoms with Gasteiger partial charge in [0.2, 0.25) is 5.91 Å². The van der Waals surface area contributed by atoms with Crippen LogP contribution in [-0.2, 0) is 22.3 Å². The highest BCUT2D eigenvalue weighted by molar-refractivity contribution is 9.10. The Morgan fingerprint density at radius 1 is 1.14 bits per heavy atom. The van der Waals surface area contributed by atoms with Gasteiger partial charge in [-0.2, -0.15) is 13.2 Å². The highest BCUT2D eigenvalue weighted by atomic mass is 79.9. The van der Waals surface area contributed by atoms with E-state index in [0.29, 0.717) is 15.8 Å². The van der Waals surface area contributed by atoms with Crippen molar-refractivity contribution in [2.24, 2.45) is 5.92 Å². The maximum Gasteiger partial charge on any atom is 0.416 e. The van der Waals surface area contributed by atoms with Gasteiger partial charge in [-0.3, -0.25) is 9.59 Å². The monoisotopic (exact) mass is 566 g/mol. The first kappa shape index (κ1) is 26.5. The van der Waals surface area contributed by atoms with E-state index in [0.717, 1.165) is 44.2 Å². The number of hydrogen-bond acceptors (Lipinski definition) is 3. The number of carbonyl (C=O) groups excluding carboxylic acids is 2. The second-order valence-electron chi connectivity index (χ2n) is 9.87. The molecule has 1 aliphatic heterocycles. The van der Waals surface area contributed by atoms with Crippen LogP contribution in [0.4, 0.5) is 13.2 Å². The predicted octanol–water partition coefficient (Wildman–Crippen LogP) is 6.40. The Bertz CT molecular complexity index is 1120. The molecule has 1 heterocycles. The van der Waals surface area contributed by atoms with Crippen molar-refractivity contribution in [3.63, 3.8) is 0 Å². The summed E-state index contributed by atoms with van der Waals surface area (Å²) >= 11 is 3.45. The molecule has 194 valence electrons. The molecule has 5 nitrogen and oxygen atoms in total. The Balaban J connectivity index is 1.78. The lowest BCUT2D eigenvalue weighted by Crippen LogP contribution is -2.49. The van der Waals surface area contributed by atoms with Crippen LogP contribution in [0, 0.1) is 5.92 Å². The van der Waals surface area contributed by atoms with Crippen molar-refractivity contribution in [2.45, 2.75) is 76.9 Å². The summed E-state index contributed by atoms with van der Waals surface area (Å²) in [5.41, 5.74) is -0.0129. The van der Waals surface area contributed by atoms with E-state index in [2.05, 4.69) is 21.2 Å². The molecule has 1 fully saturated rings. The molecule has 2 aliphatic rings. The van der Waals surface area contributed by atoms with Crippen LogP contribution < -0.4 is 10.1 Å². The van der Waals surface area contributed by atoms with Crippen molar-refractivity contribution in [3.05, 3.63) is 63.6 Å². The van der Waals surface area contributed by atoms with Crippen molar-refractivity contribution in [3.8, 4) is 5.75 Å². The molecule has 1 N–H and O–H groups in total. The summed E-state index contributed by atoms with van der Waals surface area (Å²) in [7, 11) is 0.